The van der Waals surface area contributed by atoms with Crippen LogP contribution in [0.5, 0.6) is 0 Å². The summed E-state index contributed by atoms with van der Waals surface area (Å²) in [5.74, 6) is 0. The number of likely N-dealkylation sites (tertiary alicyclic amines) is 2. The summed E-state index contributed by atoms with van der Waals surface area (Å²) in [6.07, 6.45) is -11.3. The number of hydrogen-bond acceptors (Lipinski definition) is 6. The predicted molar refractivity (Wildman–Crippen MR) is 149 cm³/mol. The number of carbonyl (C=O) groups excluding carboxylic acids is 1. The number of carbonyl (C=O) groups is 1. The van der Waals surface area contributed by atoms with E-state index in [2.05, 4.69) is 26.2 Å². The van der Waals surface area contributed by atoms with Crippen LogP contribution in [0.15, 0.2) is 18.2 Å². The van der Waals surface area contributed by atoms with Crippen LogP contribution in [-0.4, -0.2) is 93.8 Å². The maximum Gasteiger partial charge on any atom is 0.434 e. The Morgan fingerprint density at radius 3 is 2.33 bits per heavy atom. The van der Waals surface area contributed by atoms with Crippen LogP contribution < -0.4 is 9.62 Å². The van der Waals surface area contributed by atoms with Crippen LogP contribution in [0.25, 0.3) is 0 Å². The van der Waals surface area contributed by atoms with Crippen molar-refractivity contribution < 1.29 is 44.3 Å². The van der Waals surface area contributed by atoms with Gasteiger partial charge in [0.15, 0.2) is 0 Å². The molecule has 4 rings (SSSR count). The van der Waals surface area contributed by atoms with Crippen LogP contribution in [-0.2, 0) is 21.3 Å². The Morgan fingerprint density at radius 1 is 1.05 bits per heavy atom. The van der Waals surface area contributed by atoms with Crippen molar-refractivity contribution >= 4 is 33.4 Å². The van der Waals surface area contributed by atoms with Gasteiger partial charge in [0.2, 0.25) is 10.0 Å². The minimum Gasteiger partial charge on any atom is -0.426 e. The molecule has 1 amide bonds. The number of hydrogen-bond donors (Lipinski definition) is 1. The van der Waals surface area contributed by atoms with Crippen LogP contribution in [0.2, 0.25) is 5.02 Å². The fourth-order valence-electron chi connectivity index (χ4n) is 6.74. The fourth-order valence-corrected chi connectivity index (χ4v) is 7.46. The zero-order valence-corrected chi connectivity index (χ0v) is 25.6. The lowest BCUT2D eigenvalue weighted by molar-refractivity contribution is -0.309. The lowest BCUT2D eigenvalue weighted by Gasteiger charge is -2.52. The van der Waals surface area contributed by atoms with Crippen LogP contribution in [0.4, 0.5) is 36.8 Å². The molecule has 3 fully saturated rings. The molecule has 0 radical (unpaired) electrons. The molecule has 0 saturated carbocycles. The van der Waals surface area contributed by atoms with Crippen molar-refractivity contribution in [2.45, 2.75) is 76.0 Å². The van der Waals surface area contributed by atoms with Gasteiger partial charge in [0.1, 0.15) is 0 Å². The average Bonchev–Trinajstić information content (AvgIpc) is 3.44. The molecule has 0 bridgehead atoms. The largest absolute Gasteiger partial charge is 0.434 e. The SMILES string of the molecule is CCCC1(CCNS(C)(=O)=O)CCN(c2cc(Cl)cc(CN3CCCC34CN(C(=O)OC(C(F)(F)F)C(F)(F)F)C4)c2)C1. The molecule has 3 heterocycles. The summed E-state index contributed by atoms with van der Waals surface area (Å²) < 4.78 is 107. The summed E-state index contributed by atoms with van der Waals surface area (Å²) in [7, 11) is -3.28. The van der Waals surface area contributed by atoms with Gasteiger partial charge in [-0.25, -0.2) is 17.9 Å². The fraction of sp³-hybridized carbons (Fsp3) is 0.741. The average molecular weight is 663 g/mol. The molecule has 1 aromatic carbocycles. The van der Waals surface area contributed by atoms with E-state index in [-0.39, 0.29) is 18.5 Å². The van der Waals surface area contributed by atoms with E-state index in [1.165, 1.54) is 0 Å². The summed E-state index contributed by atoms with van der Waals surface area (Å²) in [6.45, 7) is 5.01. The van der Waals surface area contributed by atoms with Crippen molar-refractivity contribution in [2.24, 2.45) is 5.41 Å². The topological polar surface area (TPSA) is 82.2 Å². The van der Waals surface area contributed by atoms with E-state index in [1.54, 1.807) is 0 Å². The third-order valence-corrected chi connectivity index (χ3v) is 9.65. The van der Waals surface area contributed by atoms with Crippen molar-refractivity contribution in [2.75, 3.05) is 50.4 Å². The van der Waals surface area contributed by atoms with Gasteiger partial charge in [-0.3, -0.25) is 4.90 Å². The number of benzene rings is 1. The molecule has 8 nitrogen and oxygen atoms in total. The highest BCUT2D eigenvalue weighted by molar-refractivity contribution is 7.88. The Hall–Kier alpha value is -1.97. The Bertz CT molecular complexity index is 1260. The number of rotatable bonds is 10. The van der Waals surface area contributed by atoms with Crippen molar-refractivity contribution in [3.05, 3.63) is 28.8 Å². The number of anilines is 1. The zero-order valence-electron chi connectivity index (χ0n) is 24.0. The summed E-state index contributed by atoms with van der Waals surface area (Å²) in [5.41, 5.74) is 1.21. The van der Waals surface area contributed by atoms with Gasteiger partial charge in [0, 0.05) is 50.0 Å². The summed E-state index contributed by atoms with van der Waals surface area (Å²) >= 11 is 6.51. The first-order chi connectivity index (χ1) is 19.8. The molecule has 16 heteroatoms. The van der Waals surface area contributed by atoms with E-state index in [1.807, 2.05) is 18.2 Å². The highest BCUT2D eigenvalue weighted by Crippen LogP contribution is 2.43. The van der Waals surface area contributed by atoms with Gasteiger partial charge in [-0.2, -0.15) is 26.3 Å². The Kier molecular flexibility index (Phi) is 9.81. The van der Waals surface area contributed by atoms with Gasteiger partial charge in [-0.1, -0.05) is 24.9 Å². The second kappa shape index (κ2) is 12.4. The summed E-state index contributed by atoms with van der Waals surface area (Å²) in [6, 6.07) is 5.72. The molecule has 1 N–H and O–H groups in total. The minimum absolute atomic E-state index is 0.0329. The standard InChI is InChI=1S/C27H37ClF6N4O4S/c1-3-5-24(7-9-35-43(2,40)41)8-11-36(16-24)21-13-19(12-20(28)14-21)15-38-10-4-6-25(38)17-37(18-25)23(39)42-22(26(29,30)31)27(32,33)34/h12-14,22,35H,3-11,15-18H2,1-2H3. The molecular formula is C27H37ClF6N4O4S. The Labute approximate surface area is 252 Å². The molecule has 0 aliphatic carbocycles. The molecule has 3 aliphatic heterocycles. The van der Waals surface area contributed by atoms with Crippen molar-refractivity contribution in [1.29, 1.82) is 0 Å². The first kappa shape index (κ1) is 33.9. The monoisotopic (exact) mass is 662 g/mol. The number of ether oxygens (including phenoxy) is 1. The minimum atomic E-state index is -5.77. The maximum atomic E-state index is 12.9. The maximum absolute atomic E-state index is 12.9. The van der Waals surface area contributed by atoms with Gasteiger partial charge in [-0.15, -0.1) is 0 Å². The molecule has 3 aliphatic rings. The van der Waals surface area contributed by atoms with Crippen molar-refractivity contribution in [3.8, 4) is 0 Å². The molecular weight excluding hydrogens is 626 g/mol. The molecule has 1 unspecified atom stereocenters. The van der Waals surface area contributed by atoms with E-state index in [9.17, 15) is 39.6 Å². The van der Waals surface area contributed by atoms with Crippen LogP contribution >= 0.6 is 11.6 Å². The highest BCUT2D eigenvalue weighted by atomic mass is 35.5. The number of alkyl halides is 6. The van der Waals surface area contributed by atoms with E-state index in [0.29, 0.717) is 37.5 Å². The van der Waals surface area contributed by atoms with Gasteiger partial charge in [0.25, 0.3) is 6.10 Å². The highest BCUT2D eigenvalue weighted by Gasteiger charge is 2.61. The number of sulfonamides is 1. The molecule has 3 saturated heterocycles. The number of nitrogens with zero attached hydrogens (tertiary/aromatic N) is 3. The van der Waals surface area contributed by atoms with Crippen molar-refractivity contribution in [3.63, 3.8) is 0 Å². The number of halogens is 7. The Morgan fingerprint density at radius 2 is 1.72 bits per heavy atom. The van der Waals surface area contributed by atoms with Crippen molar-refractivity contribution in [1.82, 2.24) is 14.5 Å². The Balaban J connectivity index is 1.40. The molecule has 1 aromatic rings. The summed E-state index contributed by atoms with van der Waals surface area (Å²) in [5, 5.41) is 0.525. The third-order valence-electron chi connectivity index (χ3n) is 8.70. The number of amides is 1. The third kappa shape index (κ3) is 8.20. The zero-order chi connectivity index (χ0) is 31.8. The smallest absolute Gasteiger partial charge is 0.426 e. The molecule has 43 heavy (non-hydrogen) atoms. The van der Waals surface area contributed by atoms with Crippen LogP contribution in [0, 0.1) is 5.41 Å². The van der Waals surface area contributed by atoms with Crippen LogP contribution in [0.3, 0.4) is 0 Å². The lowest BCUT2D eigenvalue weighted by atomic mass is 9.79. The van der Waals surface area contributed by atoms with Crippen LogP contribution in [0.1, 0.15) is 51.0 Å². The van der Waals surface area contributed by atoms with Gasteiger partial charge >= 0.3 is 18.4 Å². The predicted octanol–water partition coefficient (Wildman–Crippen LogP) is 5.56. The van der Waals surface area contributed by atoms with Gasteiger partial charge in [-0.05, 0) is 67.8 Å². The molecule has 244 valence electrons. The normalized spacial score (nSPS) is 22.9. The van der Waals surface area contributed by atoms with Gasteiger partial charge < -0.3 is 14.5 Å². The first-order valence-electron chi connectivity index (χ1n) is 14.2. The first-order valence-corrected chi connectivity index (χ1v) is 16.4. The van der Waals surface area contributed by atoms with E-state index >= 15 is 0 Å². The van der Waals surface area contributed by atoms with E-state index < -0.39 is 40.1 Å². The second-order valence-electron chi connectivity index (χ2n) is 12.1. The van der Waals surface area contributed by atoms with Gasteiger partial charge in [0.05, 0.1) is 11.8 Å². The molecule has 1 atom stereocenters. The lowest BCUT2D eigenvalue weighted by Crippen LogP contribution is -2.69. The quantitative estimate of drug-likeness (QED) is 0.331. The second-order valence-corrected chi connectivity index (χ2v) is 14.4. The number of nitrogens with one attached hydrogen (secondary N) is 1. The summed E-state index contributed by atoms with van der Waals surface area (Å²) in [4.78, 5) is 17.4. The molecule has 1 spiro atoms. The van der Waals surface area contributed by atoms with E-state index in [0.717, 1.165) is 61.2 Å². The van der Waals surface area contributed by atoms with E-state index in [4.69, 9.17) is 11.6 Å². The molecule has 0 aromatic heterocycles.